The van der Waals surface area contributed by atoms with Gasteiger partial charge in [0.05, 0.1) is 14.2 Å². The number of carboxylic acid groups (broad SMARTS) is 1. The molecule has 8 nitrogen and oxygen atoms in total. The monoisotopic (exact) mass is 383 g/mol. The number of nitrogens with zero attached hydrogens (tertiary/aromatic N) is 3. The van der Waals surface area contributed by atoms with Crippen LogP contribution in [0.2, 0.25) is 0 Å². The van der Waals surface area contributed by atoms with E-state index in [-0.39, 0.29) is 12.2 Å². The molecule has 146 valence electrons. The summed E-state index contributed by atoms with van der Waals surface area (Å²) in [6.07, 6.45) is 3.40. The van der Waals surface area contributed by atoms with Crippen molar-refractivity contribution in [3.05, 3.63) is 59.5 Å². The number of carbonyl (C=O) groups is 2. The maximum atomic E-state index is 13.0. The van der Waals surface area contributed by atoms with Gasteiger partial charge in [0.25, 0.3) is 5.91 Å². The number of hydrogen-bond donors (Lipinski definition) is 1. The van der Waals surface area contributed by atoms with Crippen LogP contribution in [0.3, 0.4) is 0 Å². The van der Waals surface area contributed by atoms with Crippen LogP contribution in [0.25, 0.3) is 5.65 Å². The number of hydrogen-bond acceptors (Lipinski definition) is 5. The fraction of sp³-hybridized carbons (Fsp3) is 0.250. The van der Waals surface area contributed by atoms with Gasteiger partial charge in [-0.1, -0.05) is 0 Å². The molecule has 0 atom stereocenters. The van der Waals surface area contributed by atoms with Crippen LogP contribution in [-0.4, -0.2) is 52.0 Å². The second-order valence-electron chi connectivity index (χ2n) is 6.37. The SMILES string of the molecule is COc1cc(CN(CC(=O)O)C(=O)c2cn3ccc(C)cc3n2)cc(OC)c1. The molecule has 2 heterocycles. The Kier molecular flexibility index (Phi) is 5.49. The third kappa shape index (κ3) is 4.22. The van der Waals surface area contributed by atoms with E-state index in [2.05, 4.69) is 4.98 Å². The van der Waals surface area contributed by atoms with Gasteiger partial charge in [-0.15, -0.1) is 0 Å². The number of aromatic nitrogens is 2. The highest BCUT2D eigenvalue weighted by Crippen LogP contribution is 2.24. The van der Waals surface area contributed by atoms with Crippen LogP contribution in [0, 0.1) is 6.92 Å². The summed E-state index contributed by atoms with van der Waals surface area (Å²) in [7, 11) is 3.05. The largest absolute Gasteiger partial charge is 0.497 e. The van der Waals surface area contributed by atoms with E-state index in [1.165, 1.54) is 19.1 Å². The normalized spacial score (nSPS) is 10.7. The third-order valence-electron chi connectivity index (χ3n) is 4.23. The van der Waals surface area contributed by atoms with Gasteiger partial charge in [-0.05, 0) is 42.3 Å². The third-order valence-corrected chi connectivity index (χ3v) is 4.23. The summed E-state index contributed by atoms with van der Waals surface area (Å²) in [4.78, 5) is 29.9. The first-order chi connectivity index (χ1) is 13.4. The molecule has 1 N–H and O–H groups in total. The van der Waals surface area contributed by atoms with Gasteiger partial charge < -0.3 is 23.9 Å². The van der Waals surface area contributed by atoms with Gasteiger partial charge in [-0.3, -0.25) is 9.59 Å². The van der Waals surface area contributed by atoms with Gasteiger partial charge in [-0.25, -0.2) is 4.98 Å². The van der Waals surface area contributed by atoms with Gasteiger partial charge in [0.2, 0.25) is 0 Å². The predicted molar refractivity (Wildman–Crippen MR) is 102 cm³/mol. The molecule has 0 spiro atoms. The fourth-order valence-corrected chi connectivity index (χ4v) is 2.89. The van der Waals surface area contributed by atoms with Crippen molar-refractivity contribution in [1.29, 1.82) is 0 Å². The van der Waals surface area contributed by atoms with Crippen molar-refractivity contribution in [2.24, 2.45) is 0 Å². The summed E-state index contributed by atoms with van der Waals surface area (Å²) in [5.74, 6) is -0.464. The van der Waals surface area contributed by atoms with E-state index in [0.29, 0.717) is 22.7 Å². The number of fused-ring (bicyclic) bond motifs is 1. The lowest BCUT2D eigenvalue weighted by molar-refractivity contribution is -0.137. The number of imidazole rings is 1. The highest BCUT2D eigenvalue weighted by atomic mass is 16.5. The van der Waals surface area contributed by atoms with Crippen LogP contribution in [0.1, 0.15) is 21.6 Å². The molecule has 0 unspecified atom stereocenters. The Morgan fingerprint density at radius 1 is 1.14 bits per heavy atom. The fourth-order valence-electron chi connectivity index (χ4n) is 2.89. The Bertz CT molecular complexity index is 1010. The molecule has 0 aliphatic rings. The van der Waals surface area contributed by atoms with Crippen LogP contribution in [0.15, 0.2) is 42.7 Å². The Labute approximate surface area is 161 Å². The number of aryl methyl sites for hydroxylation is 1. The zero-order valence-corrected chi connectivity index (χ0v) is 15.9. The number of benzene rings is 1. The van der Waals surface area contributed by atoms with Crippen LogP contribution in [0.4, 0.5) is 0 Å². The molecule has 0 saturated heterocycles. The molecule has 28 heavy (non-hydrogen) atoms. The van der Waals surface area contributed by atoms with E-state index in [0.717, 1.165) is 5.56 Å². The molecule has 0 aliphatic carbocycles. The zero-order valence-electron chi connectivity index (χ0n) is 15.9. The second kappa shape index (κ2) is 7.99. The number of carboxylic acids is 1. The van der Waals surface area contributed by atoms with Gasteiger partial charge in [-0.2, -0.15) is 0 Å². The van der Waals surface area contributed by atoms with Crippen LogP contribution < -0.4 is 9.47 Å². The van der Waals surface area contributed by atoms with E-state index >= 15 is 0 Å². The summed E-state index contributed by atoms with van der Waals surface area (Å²) in [5, 5.41) is 9.27. The van der Waals surface area contributed by atoms with E-state index in [1.54, 1.807) is 28.8 Å². The smallest absolute Gasteiger partial charge is 0.323 e. The van der Waals surface area contributed by atoms with Crippen molar-refractivity contribution in [1.82, 2.24) is 14.3 Å². The zero-order chi connectivity index (χ0) is 20.3. The molecule has 1 amide bonds. The Morgan fingerprint density at radius 3 is 2.43 bits per heavy atom. The number of pyridine rings is 1. The lowest BCUT2D eigenvalue weighted by Gasteiger charge is -2.20. The maximum absolute atomic E-state index is 13.0. The quantitative estimate of drug-likeness (QED) is 0.673. The van der Waals surface area contributed by atoms with Crippen molar-refractivity contribution in [2.75, 3.05) is 20.8 Å². The molecule has 3 aromatic rings. The minimum Gasteiger partial charge on any atom is -0.497 e. The van der Waals surface area contributed by atoms with Gasteiger partial charge in [0, 0.05) is 25.0 Å². The van der Waals surface area contributed by atoms with Crippen molar-refractivity contribution in [2.45, 2.75) is 13.5 Å². The summed E-state index contributed by atoms with van der Waals surface area (Å²) in [5.41, 5.74) is 2.51. The first kappa shape index (κ1) is 19.2. The van der Waals surface area contributed by atoms with E-state index in [1.807, 2.05) is 25.3 Å². The topological polar surface area (TPSA) is 93.4 Å². The highest BCUT2D eigenvalue weighted by Gasteiger charge is 2.22. The van der Waals surface area contributed by atoms with Gasteiger partial charge in [0.1, 0.15) is 29.4 Å². The minimum atomic E-state index is -1.11. The Morgan fingerprint density at radius 2 is 1.82 bits per heavy atom. The Balaban J connectivity index is 1.92. The van der Waals surface area contributed by atoms with E-state index in [4.69, 9.17) is 9.47 Å². The molecule has 0 radical (unpaired) electrons. The number of carbonyl (C=O) groups excluding carboxylic acids is 1. The predicted octanol–water partition coefficient (Wildman–Crippen LogP) is 2.39. The molecule has 0 bridgehead atoms. The summed E-state index contributed by atoms with van der Waals surface area (Å²) >= 11 is 0. The first-order valence-corrected chi connectivity index (χ1v) is 8.58. The average Bonchev–Trinajstić information content (AvgIpc) is 3.09. The number of ether oxygens (including phenoxy) is 2. The van der Waals surface area contributed by atoms with Gasteiger partial charge in [0.15, 0.2) is 0 Å². The number of amides is 1. The summed E-state index contributed by atoms with van der Waals surface area (Å²) in [6, 6.07) is 8.93. The van der Waals surface area contributed by atoms with Crippen LogP contribution in [0.5, 0.6) is 11.5 Å². The molecule has 2 aromatic heterocycles. The second-order valence-corrected chi connectivity index (χ2v) is 6.37. The summed E-state index contributed by atoms with van der Waals surface area (Å²) < 4.78 is 12.2. The molecule has 8 heteroatoms. The van der Waals surface area contributed by atoms with E-state index in [9.17, 15) is 14.7 Å². The minimum absolute atomic E-state index is 0.0750. The maximum Gasteiger partial charge on any atom is 0.323 e. The molecule has 0 aliphatic heterocycles. The Hall–Kier alpha value is -3.55. The highest BCUT2D eigenvalue weighted by molar-refractivity contribution is 5.94. The molecule has 0 saturated carbocycles. The number of rotatable bonds is 7. The lowest BCUT2D eigenvalue weighted by Crippen LogP contribution is -2.35. The average molecular weight is 383 g/mol. The summed E-state index contributed by atoms with van der Waals surface area (Å²) in [6.45, 7) is 1.56. The molecule has 1 aromatic carbocycles. The number of methoxy groups -OCH3 is 2. The molecular weight excluding hydrogens is 362 g/mol. The van der Waals surface area contributed by atoms with Crippen molar-refractivity contribution >= 4 is 17.5 Å². The van der Waals surface area contributed by atoms with Crippen LogP contribution in [-0.2, 0) is 11.3 Å². The van der Waals surface area contributed by atoms with Crippen LogP contribution >= 0.6 is 0 Å². The first-order valence-electron chi connectivity index (χ1n) is 8.58. The molecular formula is C20H21N3O5. The molecule has 0 fully saturated rings. The van der Waals surface area contributed by atoms with Gasteiger partial charge >= 0.3 is 5.97 Å². The standard InChI is InChI=1S/C20H21N3O5/c1-13-4-5-22-11-17(21-18(22)6-13)20(26)23(12-19(24)25)10-14-7-15(27-2)9-16(8-14)28-3/h4-9,11H,10,12H2,1-3H3,(H,24,25). The lowest BCUT2D eigenvalue weighted by atomic mass is 10.1. The number of aliphatic carboxylic acids is 1. The van der Waals surface area contributed by atoms with E-state index < -0.39 is 18.4 Å². The van der Waals surface area contributed by atoms with Crippen molar-refractivity contribution < 1.29 is 24.2 Å². The van der Waals surface area contributed by atoms with Crippen molar-refractivity contribution in [3.8, 4) is 11.5 Å². The molecule has 3 rings (SSSR count). The van der Waals surface area contributed by atoms with Crippen molar-refractivity contribution in [3.63, 3.8) is 0 Å².